The molecule has 0 radical (unpaired) electrons. The highest BCUT2D eigenvalue weighted by molar-refractivity contribution is 5.97. The fraction of sp³-hybridized carbons (Fsp3) is 0.273. The van der Waals surface area contributed by atoms with Crippen molar-refractivity contribution in [3.05, 3.63) is 60.0 Å². The number of amides is 1. The number of hydrogen-bond acceptors (Lipinski definition) is 5. The van der Waals surface area contributed by atoms with Crippen molar-refractivity contribution in [2.75, 3.05) is 45.3 Å². The van der Waals surface area contributed by atoms with Crippen LogP contribution in [0.15, 0.2) is 48.5 Å². The molecule has 0 bridgehead atoms. The first-order valence-corrected chi connectivity index (χ1v) is 9.41. The molecule has 2 heterocycles. The average molecular weight is 395 g/mol. The first-order chi connectivity index (χ1) is 14.1. The van der Waals surface area contributed by atoms with Crippen LogP contribution in [0, 0.1) is 5.82 Å². The van der Waals surface area contributed by atoms with Gasteiger partial charge in [0, 0.05) is 43.3 Å². The van der Waals surface area contributed by atoms with E-state index < -0.39 is 0 Å². The first kappa shape index (κ1) is 19.0. The maximum atomic E-state index is 13.1. The molecule has 0 atom stereocenters. The number of benzene rings is 2. The Morgan fingerprint density at radius 2 is 1.69 bits per heavy atom. The third-order valence-electron chi connectivity index (χ3n) is 5.18. The smallest absolute Gasteiger partial charge is 0.272 e. The number of aromatic nitrogens is 1. The lowest BCUT2D eigenvalue weighted by molar-refractivity contribution is 0.0741. The van der Waals surface area contributed by atoms with Gasteiger partial charge in [-0.1, -0.05) is 0 Å². The summed E-state index contributed by atoms with van der Waals surface area (Å²) in [6.45, 7) is 2.50. The zero-order chi connectivity index (χ0) is 20.4. The van der Waals surface area contributed by atoms with Crippen molar-refractivity contribution in [1.29, 1.82) is 0 Å². The van der Waals surface area contributed by atoms with Gasteiger partial charge in [0.15, 0.2) is 0 Å². The Morgan fingerprint density at radius 1 is 0.966 bits per heavy atom. The molecule has 4 rings (SSSR count). The van der Waals surface area contributed by atoms with Gasteiger partial charge in [-0.3, -0.25) is 4.79 Å². The summed E-state index contributed by atoms with van der Waals surface area (Å²) in [7, 11) is 3.18. The van der Waals surface area contributed by atoms with Crippen LogP contribution < -0.4 is 14.4 Å². The van der Waals surface area contributed by atoms with E-state index in [9.17, 15) is 9.18 Å². The molecule has 1 amide bonds. The van der Waals surface area contributed by atoms with Crippen LogP contribution in [-0.4, -0.2) is 56.2 Å². The molecule has 0 aliphatic carbocycles. The number of piperazine rings is 1. The summed E-state index contributed by atoms with van der Waals surface area (Å²) in [5.74, 6) is 0.909. The van der Waals surface area contributed by atoms with Gasteiger partial charge in [0.05, 0.1) is 19.7 Å². The summed E-state index contributed by atoms with van der Waals surface area (Å²) in [4.78, 5) is 21.5. The van der Waals surface area contributed by atoms with E-state index >= 15 is 0 Å². The van der Waals surface area contributed by atoms with Crippen LogP contribution in [0.4, 0.5) is 10.1 Å². The number of halogens is 1. The number of rotatable bonds is 4. The zero-order valence-electron chi connectivity index (χ0n) is 16.4. The number of anilines is 1. The highest BCUT2D eigenvalue weighted by Crippen LogP contribution is 2.29. The fourth-order valence-electron chi connectivity index (χ4n) is 3.56. The molecule has 29 heavy (non-hydrogen) atoms. The summed E-state index contributed by atoms with van der Waals surface area (Å²) in [5.41, 5.74) is 1.99. The van der Waals surface area contributed by atoms with Crippen LogP contribution in [0.2, 0.25) is 0 Å². The van der Waals surface area contributed by atoms with Gasteiger partial charge >= 0.3 is 0 Å². The van der Waals surface area contributed by atoms with Gasteiger partial charge in [-0.25, -0.2) is 9.37 Å². The van der Waals surface area contributed by atoms with E-state index in [0.717, 1.165) is 11.1 Å². The SMILES string of the molecule is COc1ccc2nc(C(=O)N3CCN(c4ccc(F)cc4)CC3)cc(OC)c2c1. The minimum atomic E-state index is -0.253. The Bertz CT molecular complexity index is 1030. The molecule has 3 aromatic rings. The predicted molar refractivity (Wildman–Crippen MR) is 109 cm³/mol. The minimum absolute atomic E-state index is 0.125. The Balaban J connectivity index is 1.52. The van der Waals surface area contributed by atoms with Gasteiger partial charge in [0.1, 0.15) is 23.0 Å². The van der Waals surface area contributed by atoms with Gasteiger partial charge in [0.25, 0.3) is 5.91 Å². The summed E-state index contributed by atoms with van der Waals surface area (Å²) >= 11 is 0. The Hall–Kier alpha value is -3.35. The molecule has 0 saturated carbocycles. The third kappa shape index (κ3) is 3.81. The van der Waals surface area contributed by atoms with Gasteiger partial charge in [-0.05, 0) is 42.5 Å². The lowest BCUT2D eigenvalue weighted by Gasteiger charge is -2.36. The topological polar surface area (TPSA) is 54.9 Å². The summed E-state index contributed by atoms with van der Waals surface area (Å²) in [6.07, 6.45) is 0. The molecule has 1 aromatic heterocycles. The molecular formula is C22H22FN3O3. The first-order valence-electron chi connectivity index (χ1n) is 9.41. The molecule has 1 saturated heterocycles. The standard InChI is InChI=1S/C22H22FN3O3/c1-28-17-7-8-19-18(13-17)21(29-2)14-20(24-19)22(27)26-11-9-25(10-12-26)16-5-3-15(23)4-6-16/h3-8,13-14H,9-12H2,1-2H3. The van der Waals surface area contributed by atoms with Crippen molar-refractivity contribution in [2.24, 2.45) is 0 Å². The summed E-state index contributed by atoms with van der Waals surface area (Å²) < 4.78 is 23.9. The molecule has 1 aliphatic rings. The van der Waals surface area contributed by atoms with Crippen LogP contribution in [0.1, 0.15) is 10.5 Å². The molecule has 0 N–H and O–H groups in total. The van der Waals surface area contributed by atoms with Crippen LogP contribution in [0.25, 0.3) is 10.9 Å². The Labute approximate surface area is 168 Å². The predicted octanol–water partition coefficient (Wildman–Crippen LogP) is 3.35. The molecule has 1 aliphatic heterocycles. The number of carbonyl (C=O) groups is 1. The molecule has 150 valence electrons. The number of hydrogen-bond donors (Lipinski definition) is 0. The quantitative estimate of drug-likeness (QED) is 0.678. The van der Waals surface area contributed by atoms with E-state index in [-0.39, 0.29) is 11.7 Å². The van der Waals surface area contributed by atoms with Crippen LogP contribution in [-0.2, 0) is 0 Å². The molecule has 0 unspecified atom stereocenters. The van der Waals surface area contributed by atoms with E-state index in [1.807, 2.05) is 18.2 Å². The number of carbonyl (C=O) groups excluding carboxylic acids is 1. The van der Waals surface area contributed by atoms with E-state index in [1.54, 1.807) is 37.3 Å². The Morgan fingerprint density at radius 3 is 2.34 bits per heavy atom. The van der Waals surface area contributed by atoms with E-state index in [2.05, 4.69) is 9.88 Å². The lowest BCUT2D eigenvalue weighted by Crippen LogP contribution is -2.49. The fourth-order valence-corrected chi connectivity index (χ4v) is 3.56. The summed E-state index contributed by atoms with van der Waals surface area (Å²) in [6, 6.07) is 13.6. The highest BCUT2D eigenvalue weighted by Gasteiger charge is 2.24. The van der Waals surface area contributed by atoms with Crippen LogP contribution in [0.5, 0.6) is 11.5 Å². The minimum Gasteiger partial charge on any atom is -0.497 e. The lowest BCUT2D eigenvalue weighted by atomic mass is 10.1. The third-order valence-corrected chi connectivity index (χ3v) is 5.18. The largest absolute Gasteiger partial charge is 0.497 e. The van der Waals surface area contributed by atoms with Gasteiger partial charge in [0.2, 0.25) is 0 Å². The monoisotopic (exact) mass is 395 g/mol. The zero-order valence-corrected chi connectivity index (χ0v) is 16.4. The second-order valence-electron chi connectivity index (χ2n) is 6.85. The van der Waals surface area contributed by atoms with Crippen molar-refractivity contribution in [1.82, 2.24) is 9.88 Å². The summed E-state index contributed by atoms with van der Waals surface area (Å²) in [5, 5.41) is 0.796. The molecular weight excluding hydrogens is 373 g/mol. The van der Waals surface area contributed by atoms with Crippen molar-refractivity contribution in [2.45, 2.75) is 0 Å². The van der Waals surface area contributed by atoms with Gasteiger partial charge in [-0.15, -0.1) is 0 Å². The van der Waals surface area contributed by atoms with E-state index in [0.29, 0.717) is 48.9 Å². The van der Waals surface area contributed by atoms with E-state index in [4.69, 9.17) is 9.47 Å². The number of nitrogens with zero attached hydrogens (tertiary/aromatic N) is 3. The molecule has 1 fully saturated rings. The van der Waals surface area contributed by atoms with Gasteiger partial charge in [-0.2, -0.15) is 0 Å². The molecule has 7 heteroatoms. The van der Waals surface area contributed by atoms with Crippen LogP contribution in [0.3, 0.4) is 0 Å². The number of methoxy groups -OCH3 is 2. The number of ether oxygens (including phenoxy) is 2. The number of fused-ring (bicyclic) bond motifs is 1. The van der Waals surface area contributed by atoms with E-state index in [1.165, 1.54) is 12.1 Å². The maximum Gasteiger partial charge on any atom is 0.272 e. The normalized spacial score (nSPS) is 14.2. The average Bonchev–Trinajstić information content (AvgIpc) is 2.78. The number of pyridine rings is 1. The maximum absolute atomic E-state index is 13.1. The Kier molecular flexibility index (Phi) is 5.20. The van der Waals surface area contributed by atoms with Crippen molar-refractivity contribution in [3.63, 3.8) is 0 Å². The molecule has 6 nitrogen and oxygen atoms in total. The van der Waals surface area contributed by atoms with Crippen molar-refractivity contribution >= 4 is 22.5 Å². The second kappa shape index (κ2) is 7.95. The van der Waals surface area contributed by atoms with Gasteiger partial charge < -0.3 is 19.3 Å². The van der Waals surface area contributed by atoms with Crippen molar-refractivity contribution in [3.8, 4) is 11.5 Å². The molecule has 0 spiro atoms. The highest BCUT2D eigenvalue weighted by atomic mass is 19.1. The van der Waals surface area contributed by atoms with Crippen LogP contribution >= 0.6 is 0 Å². The second-order valence-corrected chi connectivity index (χ2v) is 6.85. The molecule has 2 aromatic carbocycles. The van der Waals surface area contributed by atoms with Crippen molar-refractivity contribution < 1.29 is 18.7 Å².